The van der Waals surface area contributed by atoms with Crippen molar-refractivity contribution in [1.82, 2.24) is 5.32 Å². The zero-order chi connectivity index (χ0) is 14.5. The highest BCUT2D eigenvalue weighted by Crippen LogP contribution is 2.26. The van der Waals surface area contributed by atoms with Crippen LogP contribution in [0.15, 0.2) is 18.2 Å². The monoisotopic (exact) mass is 278 g/mol. The molecule has 0 radical (unpaired) electrons. The lowest BCUT2D eigenvalue weighted by molar-refractivity contribution is -0.122. The Morgan fingerprint density at radius 3 is 2.85 bits per heavy atom. The standard InChI is InChI=1S/C15H22N2O3/c1-10(15(16)18)9-20-14-6-5-13(19-2)7-11(14)8-17-12-3-4-12/h5-7,10,12,17H,3-4,8-9H2,1-2H3,(H2,16,18). The van der Waals surface area contributed by atoms with Crippen molar-refractivity contribution in [2.24, 2.45) is 11.7 Å². The molecule has 0 bridgehead atoms. The first-order valence-electron chi connectivity index (χ1n) is 6.92. The van der Waals surface area contributed by atoms with Crippen LogP contribution < -0.4 is 20.5 Å². The van der Waals surface area contributed by atoms with Crippen molar-refractivity contribution in [2.75, 3.05) is 13.7 Å². The van der Waals surface area contributed by atoms with E-state index >= 15 is 0 Å². The molecular weight excluding hydrogens is 256 g/mol. The normalized spacial score (nSPS) is 15.7. The van der Waals surface area contributed by atoms with Gasteiger partial charge < -0.3 is 20.5 Å². The van der Waals surface area contributed by atoms with Crippen molar-refractivity contribution in [3.8, 4) is 11.5 Å². The lowest BCUT2D eigenvalue weighted by Crippen LogP contribution is -2.26. The van der Waals surface area contributed by atoms with Gasteiger partial charge in [0.25, 0.3) is 0 Å². The molecule has 1 saturated carbocycles. The molecular formula is C15H22N2O3. The Morgan fingerprint density at radius 2 is 2.25 bits per heavy atom. The van der Waals surface area contributed by atoms with Crippen LogP contribution in [0.1, 0.15) is 25.3 Å². The molecule has 0 aliphatic heterocycles. The Kier molecular flexibility index (Phi) is 4.84. The van der Waals surface area contributed by atoms with E-state index in [0.717, 1.165) is 23.6 Å². The maximum atomic E-state index is 11.0. The number of methoxy groups -OCH3 is 1. The van der Waals surface area contributed by atoms with E-state index in [-0.39, 0.29) is 18.4 Å². The van der Waals surface area contributed by atoms with Gasteiger partial charge in [0.2, 0.25) is 5.91 Å². The van der Waals surface area contributed by atoms with Gasteiger partial charge in [-0.3, -0.25) is 4.79 Å². The molecule has 0 heterocycles. The van der Waals surface area contributed by atoms with Gasteiger partial charge in [0.1, 0.15) is 11.5 Å². The van der Waals surface area contributed by atoms with Crippen LogP contribution >= 0.6 is 0 Å². The molecule has 110 valence electrons. The second kappa shape index (κ2) is 6.61. The van der Waals surface area contributed by atoms with Gasteiger partial charge in [-0.05, 0) is 31.0 Å². The van der Waals surface area contributed by atoms with Crippen LogP contribution in [0.5, 0.6) is 11.5 Å². The molecule has 20 heavy (non-hydrogen) atoms. The fourth-order valence-electron chi connectivity index (χ4n) is 1.80. The second-order valence-corrected chi connectivity index (χ2v) is 5.24. The molecule has 0 saturated heterocycles. The summed E-state index contributed by atoms with van der Waals surface area (Å²) >= 11 is 0. The number of nitrogens with two attached hydrogens (primary N) is 1. The third-order valence-corrected chi connectivity index (χ3v) is 3.40. The summed E-state index contributed by atoms with van der Waals surface area (Å²) in [6, 6.07) is 6.31. The van der Waals surface area contributed by atoms with Gasteiger partial charge in [-0.25, -0.2) is 0 Å². The topological polar surface area (TPSA) is 73.6 Å². The van der Waals surface area contributed by atoms with Crippen molar-refractivity contribution >= 4 is 5.91 Å². The number of carbonyl (C=O) groups is 1. The predicted octanol–water partition coefficient (Wildman–Crippen LogP) is 1.45. The van der Waals surface area contributed by atoms with Crippen LogP contribution in [0, 0.1) is 5.92 Å². The molecule has 5 heteroatoms. The summed E-state index contributed by atoms with van der Waals surface area (Å²) in [6.45, 7) is 2.79. The molecule has 1 aromatic rings. The van der Waals surface area contributed by atoms with Crippen molar-refractivity contribution < 1.29 is 14.3 Å². The molecule has 3 N–H and O–H groups in total. The molecule has 1 fully saturated rings. The van der Waals surface area contributed by atoms with Crippen LogP contribution in [-0.4, -0.2) is 25.7 Å². The summed E-state index contributed by atoms with van der Waals surface area (Å²) in [4.78, 5) is 11.0. The van der Waals surface area contributed by atoms with E-state index in [1.807, 2.05) is 18.2 Å². The minimum absolute atomic E-state index is 0.290. The van der Waals surface area contributed by atoms with E-state index in [0.29, 0.717) is 6.04 Å². The smallest absolute Gasteiger partial charge is 0.223 e. The van der Waals surface area contributed by atoms with Crippen LogP contribution in [0.3, 0.4) is 0 Å². The van der Waals surface area contributed by atoms with E-state index in [2.05, 4.69) is 5.32 Å². The quantitative estimate of drug-likeness (QED) is 0.755. The second-order valence-electron chi connectivity index (χ2n) is 5.24. The molecule has 1 aliphatic carbocycles. The van der Waals surface area contributed by atoms with Crippen molar-refractivity contribution in [2.45, 2.75) is 32.4 Å². The Labute approximate surface area is 119 Å². The summed E-state index contributed by atoms with van der Waals surface area (Å²) in [5.41, 5.74) is 6.27. The molecule has 1 unspecified atom stereocenters. The average molecular weight is 278 g/mol. The van der Waals surface area contributed by atoms with Crippen LogP contribution in [0.2, 0.25) is 0 Å². The number of nitrogens with one attached hydrogen (secondary N) is 1. The molecule has 5 nitrogen and oxygen atoms in total. The van der Waals surface area contributed by atoms with Gasteiger partial charge >= 0.3 is 0 Å². The number of amides is 1. The number of ether oxygens (including phenoxy) is 2. The van der Waals surface area contributed by atoms with Gasteiger partial charge in [-0.15, -0.1) is 0 Å². The average Bonchev–Trinajstić information content (AvgIpc) is 3.26. The first-order valence-corrected chi connectivity index (χ1v) is 6.92. The minimum Gasteiger partial charge on any atom is -0.497 e. The van der Waals surface area contributed by atoms with E-state index in [1.165, 1.54) is 12.8 Å². The Hall–Kier alpha value is -1.75. The van der Waals surface area contributed by atoms with Crippen molar-refractivity contribution in [3.05, 3.63) is 23.8 Å². The van der Waals surface area contributed by atoms with Crippen molar-refractivity contribution in [1.29, 1.82) is 0 Å². The summed E-state index contributed by atoms with van der Waals surface area (Å²) in [7, 11) is 1.64. The Morgan fingerprint density at radius 1 is 1.50 bits per heavy atom. The highest BCUT2D eigenvalue weighted by Gasteiger charge is 2.21. The first-order chi connectivity index (χ1) is 9.60. The largest absolute Gasteiger partial charge is 0.497 e. The lowest BCUT2D eigenvalue weighted by Gasteiger charge is -2.15. The Bertz CT molecular complexity index is 472. The molecule has 2 rings (SSSR count). The van der Waals surface area contributed by atoms with E-state index < -0.39 is 0 Å². The summed E-state index contributed by atoms with van der Waals surface area (Å²) in [5, 5.41) is 3.45. The number of primary amides is 1. The number of carbonyl (C=O) groups excluding carboxylic acids is 1. The van der Waals surface area contributed by atoms with E-state index in [4.69, 9.17) is 15.2 Å². The summed E-state index contributed by atoms with van der Waals surface area (Å²) < 4.78 is 11.0. The van der Waals surface area contributed by atoms with Crippen LogP contribution in [0.4, 0.5) is 0 Å². The molecule has 0 spiro atoms. The summed E-state index contributed by atoms with van der Waals surface area (Å²) in [5.74, 6) is 0.914. The van der Waals surface area contributed by atoms with Gasteiger partial charge in [0, 0.05) is 18.2 Å². The highest BCUT2D eigenvalue weighted by atomic mass is 16.5. The highest BCUT2D eigenvalue weighted by molar-refractivity contribution is 5.76. The minimum atomic E-state index is -0.351. The SMILES string of the molecule is COc1ccc(OCC(C)C(N)=O)c(CNC2CC2)c1. The van der Waals surface area contributed by atoms with E-state index in [9.17, 15) is 4.79 Å². The van der Waals surface area contributed by atoms with Gasteiger partial charge in [-0.2, -0.15) is 0 Å². The Balaban J connectivity index is 2.02. The maximum Gasteiger partial charge on any atom is 0.223 e. The molecule has 1 aliphatic rings. The third kappa shape index (κ3) is 4.13. The van der Waals surface area contributed by atoms with Crippen molar-refractivity contribution in [3.63, 3.8) is 0 Å². The lowest BCUT2D eigenvalue weighted by atomic mass is 10.1. The third-order valence-electron chi connectivity index (χ3n) is 3.40. The first kappa shape index (κ1) is 14.7. The molecule has 1 aromatic carbocycles. The zero-order valence-electron chi connectivity index (χ0n) is 12.0. The van der Waals surface area contributed by atoms with Gasteiger partial charge in [0.15, 0.2) is 0 Å². The molecule has 1 amide bonds. The van der Waals surface area contributed by atoms with Crippen LogP contribution in [-0.2, 0) is 11.3 Å². The number of rotatable bonds is 8. The summed E-state index contributed by atoms with van der Waals surface area (Å²) in [6.07, 6.45) is 2.47. The number of hydrogen-bond donors (Lipinski definition) is 2. The van der Waals surface area contributed by atoms with Crippen LogP contribution in [0.25, 0.3) is 0 Å². The van der Waals surface area contributed by atoms with Gasteiger partial charge in [-0.1, -0.05) is 6.92 Å². The van der Waals surface area contributed by atoms with Gasteiger partial charge in [0.05, 0.1) is 19.6 Å². The zero-order valence-corrected chi connectivity index (χ0v) is 12.0. The fraction of sp³-hybridized carbons (Fsp3) is 0.533. The number of hydrogen-bond acceptors (Lipinski definition) is 4. The number of benzene rings is 1. The molecule has 0 aromatic heterocycles. The maximum absolute atomic E-state index is 11.0. The van der Waals surface area contributed by atoms with E-state index in [1.54, 1.807) is 14.0 Å². The predicted molar refractivity (Wildman–Crippen MR) is 76.7 cm³/mol. The molecule has 1 atom stereocenters. The fourth-order valence-corrected chi connectivity index (χ4v) is 1.80.